The van der Waals surface area contributed by atoms with Gasteiger partial charge < -0.3 is 9.47 Å². The molecule has 7 heteroatoms. The van der Waals surface area contributed by atoms with Crippen LogP contribution in [0.1, 0.15) is 19.4 Å². The van der Waals surface area contributed by atoms with Crippen LogP contribution in [0.3, 0.4) is 0 Å². The molecule has 1 heterocycles. The molecule has 1 saturated heterocycles. The number of amidine groups is 1. The summed E-state index contributed by atoms with van der Waals surface area (Å²) in [5.41, 5.74) is 1.02. The topological polar surface area (TPSA) is 51.1 Å². The van der Waals surface area contributed by atoms with Crippen molar-refractivity contribution in [3.8, 4) is 11.5 Å². The molecule has 2 aromatic carbocycles. The van der Waals surface area contributed by atoms with Crippen molar-refractivity contribution in [2.24, 2.45) is 4.99 Å². The minimum Gasteiger partial charge on any atom is -0.493 e. The minimum absolute atomic E-state index is 0.156. The molecule has 1 aliphatic heterocycles. The van der Waals surface area contributed by atoms with Gasteiger partial charge in [-0.1, -0.05) is 18.2 Å². The second kappa shape index (κ2) is 8.93. The van der Waals surface area contributed by atoms with Crippen molar-refractivity contribution in [1.82, 2.24) is 4.90 Å². The second-order valence-electron chi connectivity index (χ2n) is 5.85. The van der Waals surface area contributed by atoms with Crippen LogP contribution in [0.25, 0.3) is 6.08 Å². The van der Waals surface area contributed by atoms with Crippen LogP contribution in [0.15, 0.2) is 52.4 Å². The fourth-order valence-corrected chi connectivity index (χ4v) is 3.77. The largest absolute Gasteiger partial charge is 0.493 e. The first kappa shape index (κ1) is 19.9. The number of benzene rings is 2. The van der Waals surface area contributed by atoms with Crippen LogP contribution in [-0.2, 0) is 4.79 Å². The molecule has 1 amide bonds. The van der Waals surface area contributed by atoms with E-state index in [1.165, 1.54) is 22.7 Å². The molecule has 28 heavy (non-hydrogen) atoms. The lowest BCUT2D eigenvalue weighted by molar-refractivity contribution is -0.122. The van der Waals surface area contributed by atoms with E-state index in [0.29, 0.717) is 34.7 Å². The molecule has 0 aliphatic carbocycles. The summed E-state index contributed by atoms with van der Waals surface area (Å²) >= 11 is 1.23. The van der Waals surface area contributed by atoms with Crippen LogP contribution in [0, 0.1) is 5.82 Å². The molecule has 146 valence electrons. The Balaban J connectivity index is 1.94. The number of aliphatic imine (C=N–C) groups is 1. The maximum absolute atomic E-state index is 13.9. The molecule has 5 nitrogen and oxygen atoms in total. The Morgan fingerprint density at radius 3 is 2.64 bits per heavy atom. The molecule has 3 rings (SSSR count). The van der Waals surface area contributed by atoms with Crippen molar-refractivity contribution < 1.29 is 18.7 Å². The average Bonchev–Trinajstić information content (AvgIpc) is 2.98. The van der Waals surface area contributed by atoms with Gasteiger partial charge in [0.25, 0.3) is 5.91 Å². The molecule has 0 aromatic heterocycles. The first-order valence-corrected chi connectivity index (χ1v) is 9.74. The number of amides is 1. The van der Waals surface area contributed by atoms with Crippen molar-refractivity contribution in [2.75, 3.05) is 20.3 Å². The van der Waals surface area contributed by atoms with Crippen LogP contribution in [-0.4, -0.2) is 36.2 Å². The maximum atomic E-state index is 13.9. The van der Waals surface area contributed by atoms with Gasteiger partial charge in [0, 0.05) is 6.54 Å². The number of para-hydroxylation sites is 1. The number of halogens is 1. The number of carbonyl (C=O) groups is 1. The number of hydrogen-bond acceptors (Lipinski definition) is 5. The number of rotatable bonds is 6. The number of thioether (sulfide) groups is 1. The van der Waals surface area contributed by atoms with E-state index in [9.17, 15) is 9.18 Å². The molecular weight excluding hydrogens is 379 g/mol. The zero-order chi connectivity index (χ0) is 20.1. The number of carbonyl (C=O) groups excluding carboxylic acids is 1. The third kappa shape index (κ3) is 4.20. The van der Waals surface area contributed by atoms with Gasteiger partial charge >= 0.3 is 0 Å². The standard InChI is InChI=1S/C21H21FN2O3S/c1-4-24-20(25)19(28-21(24)23-16-9-7-6-8-15(16)22)13-14-10-11-17(26-3)18(12-14)27-5-2/h6-13H,4-5H2,1-3H3/b19-13+,23-21?. The third-order valence-corrected chi connectivity index (χ3v) is 5.06. The van der Waals surface area contributed by atoms with Gasteiger partial charge in [0.15, 0.2) is 16.7 Å². The van der Waals surface area contributed by atoms with Gasteiger partial charge in [0.2, 0.25) is 0 Å². The van der Waals surface area contributed by atoms with Gasteiger partial charge in [-0.25, -0.2) is 9.38 Å². The van der Waals surface area contributed by atoms with E-state index in [2.05, 4.69) is 4.99 Å². The summed E-state index contributed by atoms with van der Waals surface area (Å²) in [4.78, 5) is 19.2. The van der Waals surface area contributed by atoms with Gasteiger partial charge in [-0.2, -0.15) is 0 Å². The Labute approximate surface area is 167 Å². The van der Waals surface area contributed by atoms with E-state index < -0.39 is 5.82 Å². The van der Waals surface area contributed by atoms with Gasteiger partial charge in [0.1, 0.15) is 11.5 Å². The van der Waals surface area contributed by atoms with Crippen LogP contribution in [0.4, 0.5) is 10.1 Å². The van der Waals surface area contributed by atoms with E-state index in [0.717, 1.165) is 5.56 Å². The first-order chi connectivity index (χ1) is 13.6. The van der Waals surface area contributed by atoms with Crippen LogP contribution in [0.5, 0.6) is 11.5 Å². The molecule has 0 saturated carbocycles. The lowest BCUT2D eigenvalue weighted by Crippen LogP contribution is -2.28. The van der Waals surface area contributed by atoms with Gasteiger partial charge in [-0.3, -0.25) is 9.69 Å². The van der Waals surface area contributed by atoms with Crippen molar-refractivity contribution >= 4 is 34.6 Å². The third-order valence-electron chi connectivity index (χ3n) is 4.06. The van der Waals surface area contributed by atoms with Crippen molar-refractivity contribution in [1.29, 1.82) is 0 Å². The summed E-state index contributed by atoms with van der Waals surface area (Å²) in [7, 11) is 1.58. The molecular formula is C21H21FN2O3S. The van der Waals surface area contributed by atoms with E-state index in [4.69, 9.17) is 9.47 Å². The van der Waals surface area contributed by atoms with E-state index in [-0.39, 0.29) is 11.6 Å². The van der Waals surface area contributed by atoms with Crippen molar-refractivity contribution in [3.05, 3.63) is 58.8 Å². The smallest absolute Gasteiger partial charge is 0.266 e. The highest BCUT2D eigenvalue weighted by Crippen LogP contribution is 2.36. The monoisotopic (exact) mass is 400 g/mol. The van der Waals surface area contributed by atoms with E-state index >= 15 is 0 Å². The molecule has 0 spiro atoms. The normalized spacial score (nSPS) is 16.9. The summed E-state index contributed by atoms with van der Waals surface area (Å²) in [5, 5.41) is 0.461. The second-order valence-corrected chi connectivity index (χ2v) is 6.86. The predicted octanol–water partition coefficient (Wildman–Crippen LogP) is 4.86. The molecule has 0 unspecified atom stereocenters. The Morgan fingerprint density at radius 2 is 1.96 bits per heavy atom. The number of methoxy groups -OCH3 is 1. The van der Waals surface area contributed by atoms with E-state index in [1.54, 1.807) is 37.5 Å². The van der Waals surface area contributed by atoms with Crippen LogP contribution in [0.2, 0.25) is 0 Å². The molecule has 1 aliphatic rings. The minimum atomic E-state index is -0.423. The average molecular weight is 400 g/mol. The number of ether oxygens (including phenoxy) is 2. The summed E-state index contributed by atoms with van der Waals surface area (Å²) < 4.78 is 24.8. The summed E-state index contributed by atoms with van der Waals surface area (Å²) in [6.07, 6.45) is 1.78. The fourth-order valence-electron chi connectivity index (χ4n) is 2.72. The molecule has 0 bridgehead atoms. The number of nitrogens with zero attached hydrogens (tertiary/aromatic N) is 2. The summed E-state index contributed by atoms with van der Waals surface area (Å²) in [6.45, 7) is 4.71. The SMILES string of the molecule is CCOc1cc(/C=C2/SC(=Nc3ccccc3F)N(CC)C2=O)ccc1OC. The van der Waals surface area contributed by atoms with E-state index in [1.807, 2.05) is 26.0 Å². The molecule has 1 fully saturated rings. The number of likely N-dealkylation sites (N-methyl/N-ethyl adjacent to an activating group) is 1. The Hall–Kier alpha value is -2.80. The zero-order valence-electron chi connectivity index (χ0n) is 15.9. The first-order valence-electron chi connectivity index (χ1n) is 8.92. The highest BCUT2D eigenvalue weighted by molar-refractivity contribution is 8.18. The van der Waals surface area contributed by atoms with Crippen LogP contribution >= 0.6 is 11.8 Å². The Bertz CT molecular complexity index is 943. The fraction of sp³-hybridized carbons (Fsp3) is 0.238. The molecule has 0 radical (unpaired) electrons. The van der Waals surface area contributed by atoms with Crippen molar-refractivity contribution in [3.63, 3.8) is 0 Å². The highest BCUT2D eigenvalue weighted by atomic mass is 32.2. The molecule has 0 N–H and O–H groups in total. The zero-order valence-corrected chi connectivity index (χ0v) is 16.8. The van der Waals surface area contributed by atoms with Gasteiger partial charge in [-0.15, -0.1) is 0 Å². The molecule has 0 atom stereocenters. The lowest BCUT2D eigenvalue weighted by atomic mass is 10.2. The molecule has 2 aromatic rings. The lowest BCUT2D eigenvalue weighted by Gasteiger charge is -2.12. The summed E-state index contributed by atoms with van der Waals surface area (Å²) in [6, 6.07) is 11.7. The Morgan fingerprint density at radius 1 is 1.18 bits per heavy atom. The highest BCUT2D eigenvalue weighted by Gasteiger charge is 2.32. The van der Waals surface area contributed by atoms with Crippen LogP contribution < -0.4 is 9.47 Å². The maximum Gasteiger partial charge on any atom is 0.266 e. The van der Waals surface area contributed by atoms with Gasteiger partial charge in [-0.05, 0) is 61.5 Å². The quantitative estimate of drug-likeness (QED) is 0.650. The Kier molecular flexibility index (Phi) is 6.36. The predicted molar refractivity (Wildman–Crippen MR) is 111 cm³/mol. The number of hydrogen-bond donors (Lipinski definition) is 0. The van der Waals surface area contributed by atoms with Crippen molar-refractivity contribution in [2.45, 2.75) is 13.8 Å². The van der Waals surface area contributed by atoms with Gasteiger partial charge in [0.05, 0.1) is 18.6 Å². The summed E-state index contributed by atoms with van der Waals surface area (Å²) in [5.74, 6) is 0.665.